The highest BCUT2D eigenvalue weighted by Crippen LogP contribution is 2.10. The van der Waals surface area contributed by atoms with Crippen molar-refractivity contribution in [3.63, 3.8) is 0 Å². The number of nitriles is 1. The summed E-state index contributed by atoms with van der Waals surface area (Å²) < 4.78 is 0. The van der Waals surface area contributed by atoms with E-state index in [4.69, 9.17) is 5.26 Å². The first-order valence-corrected chi connectivity index (χ1v) is 4.91. The van der Waals surface area contributed by atoms with Gasteiger partial charge in [0.1, 0.15) is 17.6 Å². The highest BCUT2D eigenvalue weighted by molar-refractivity contribution is 5.38. The standard InChI is InChI=1S/C11H15N3O/c1-3-11(2,15)8-13-10-6-4-5-9(7-12)14-10/h4-6,15H,3,8H2,1-2H3,(H,13,14). The van der Waals surface area contributed by atoms with Crippen LogP contribution in [0.5, 0.6) is 0 Å². The molecule has 1 unspecified atom stereocenters. The second kappa shape index (κ2) is 4.76. The van der Waals surface area contributed by atoms with Gasteiger partial charge in [0.05, 0.1) is 5.60 Å². The Morgan fingerprint density at radius 2 is 2.33 bits per heavy atom. The van der Waals surface area contributed by atoms with Crippen molar-refractivity contribution in [3.05, 3.63) is 23.9 Å². The van der Waals surface area contributed by atoms with E-state index >= 15 is 0 Å². The van der Waals surface area contributed by atoms with E-state index in [0.717, 1.165) is 0 Å². The minimum Gasteiger partial charge on any atom is -0.388 e. The molecule has 0 amide bonds. The number of rotatable bonds is 4. The Morgan fingerprint density at radius 1 is 1.60 bits per heavy atom. The second-order valence-electron chi connectivity index (χ2n) is 3.72. The Labute approximate surface area is 89.6 Å². The molecule has 1 rings (SSSR count). The van der Waals surface area contributed by atoms with Gasteiger partial charge in [0.15, 0.2) is 0 Å². The summed E-state index contributed by atoms with van der Waals surface area (Å²) in [6, 6.07) is 7.14. The molecule has 0 aliphatic carbocycles. The molecule has 0 aliphatic heterocycles. The molecule has 0 saturated heterocycles. The van der Waals surface area contributed by atoms with Crippen molar-refractivity contribution in [2.75, 3.05) is 11.9 Å². The summed E-state index contributed by atoms with van der Waals surface area (Å²) >= 11 is 0. The molecule has 0 saturated carbocycles. The van der Waals surface area contributed by atoms with Gasteiger partial charge in [-0.1, -0.05) is 13.0 Å². The van der Waals surface area contributed by atoms with Crippen LogP contribution in [0.3, 0.4) is 0 Å². The number of anilines is 1. The average Bonchev–Trinajstić information content (AvgIpc) is 2.27. The SMILES string of the molecule is CCC(C)(O)CNc1cccc(C#N)n1. The molecule has 1 aromatic heterocycles. The average molecular weight is 205 g/mol. The Kier molecular flexibility index (Phi) is 3.64. The van der Waals surface area contributed by atoms with Crippen molar-refractivity contribution in [1.29, 1.82) is 5.26 Å². The number of hydrogen-bond donors (Lipinski definition) is 2. The van der Waals surface area contributed by atoms with E-state index in [-0.39, 0.29) is 0 Å². The Morgan fingerprint density at radius 3 is 2.93 bits per heavy atom. The van der Waals surface area contributed by atoms with E-state index in [0.29, 0.717) is 24.5 Å². The molecule has 0 bridgehead atoms. The summed E-state index contributed by atoms with van der Waals surface area (Å²) in [6.07, 6.45) is 0.665. The van der Waals surface area contributed by atoms with Crippen LogP contribution in [0.2, 0.25) is 0 Å². The molecule has 0 fully saturated rings. The largest absolute Gasteiger partial charge is 0.388 e. The van der Waals surface area contributed by atoms with Gasteiger partial charge >= 0.3 is 0 Å². The fourth-order valence-electron chi connectivity index (χ4n) is 1.00. The Bertz CT molecular complexity index is 368. The highest BCUT2D eigenvalue weighted by Gasteiger charge is 2.16. The number of nitrogens with zero attached hydrogens (tertiary/aromatic N) is 2. The van der Waals surface area contributed by atoms with Crippen LogP contribution in [0.4, 0.5) is 5.82 Å². The number of aromatic nitrogens is 1. The molecule has 4 nitrogen and oxygen atoms in total. The van der Waals surface area contributed by atoms with Gasteiger partial charge in [-0.05, 0) is 25.5 Å². The maximum Gasteiger partial charge on any atom is 0.142 e. The molecule has 1 atom stereocenters. The van der Waals surface area contributed by atoms with Gasteiger partial charge in [0.2, 0.25) is 0 Å². The monoisotopic (exact) mass is 205 g/mol. The van der Waals surface area contributed by atoms with E-state index in [2.05, 4.69) is 10.3 Å². The molecular weight excluding hydrogens is 190 g/mol. The van der Waals surface area contributed by atoms with E-state index in [1.165, 1.54) is 0 Å². The minimum atomic E-state index is -0.746. The van der Waals surface area contributed by atoms with Crippen molar-refractivity contribution in [2.24, 2.45) is 0 Å². The number of pyridine rings is 1. The first-order chi connectivity index (χ1) is 7.07. The van der Waals surface area contributed by atoms with Crippen LogP contribution in [0.25, 0.3) is 0 Å². The third-order valence-corrected chi connectivity index (χ3v) is 2.28. The first kappa shape index (κ1) is 11.5. The molecule has 4 heteroatoms. The summed E-state index contributed by atoms with van der Waals surface area (Å²) in [7, 11) is 0. The van der Waals surface area contributed by atoms with Crippen LogP contribution < -0.4 is 5.32 Å². The molecule has 1 aromatic rings. The predicted octanol–water partition coefficient (Wildman–Crippen LogP) is 1.53. The zero-order valence-corrected chi connectivity index (χ0v) is 8.99. The van der Waals surface area contributed by atoms with Crippen molar-refractivity contribution < 1.29 is 5.11 Å². The van der Waals surface area contributed by atoms with Gasteiger partial charge < -0.3 is 10.4 Å². The molecule has 80 valence electrons. The quantitative estimate of drug-likeness (QED) is 0.782. The van der Waals surface area contributed by atoms with E-state index < -0.39 is 5.60 Å². The van der Waals surface area contributed by atoms with Crippen molar-refractivity contribution in [3.8, 4) is 6.07 Å². The Hall–Kier alpha value is -1.60. The first-order valence-electron chi connectivity index (χ1n) is 4.91. The smallest absolute Gasteiger partial charge is 0.142 e. The number of nitrogens with one attached hydrogen (secondary N) is 1. The lowest BCUT2D eigenvalue weighted by Gasteiger charge is -2.21. The van der Waals surface area contributed by atoms with Crippen LogP contribution in [-0.4, -0.2) is 22.2 Å². The number of aliphatic hydroxyl groups is 1. The second-order valence-corrected chi connectivity index (χ2v) is 3.72. The molecule has 0 aromatic carbocycles. The summed E-state index contributed by atoms with van der Waals surface area (Å²) in [5.41, 5.74) is -0.374. The van der Waals surface area contributed by atoms with Crippen LogP contribution in [0, 0.1) is 11.3 Å². The normalized spacial score (nSPS) is 14.0. The minimum absolute atomic E-state index is 0.371. The van der Waals surface area contributed by atoms with E-state index in [9.17, 15) is 5.11 Å². The van der Waals surface area contributed by atoms with Gasteiger partial charge in [-0.3, -0.25) is 0 Å². The van der Waals surface area contributed by atoms with Crippen molar-refractivity contribution >= 4 is 5.82 Å². The number of hydrogen-bond acceptors (Lipinski definition) is 4. The van der Waals surface area contributed by atoms with Gasteiger partial charge in [-0.2, -0.15) is 5.26 Å². The lowest BCUT2D eigenvalue weighted by molar-refractivity contribution is 0.0696. The highest BCUT2D eigenvalue weighted by atomic mass is 16.3. The zero-order chi connectivity index (χ0) is 11.3. The van der Waals surface area contributed by atoms with Crippen LogP contribution in [0.15, 0.2) is 18.2 Å². The third-order valence-electron chi connectivity index (χ3n) is 2.28. The Balaban J connectivity index is 2.62. The lowest BCUT2D eigenvalue weighted by atomic mass is 10.0. The van der Waals surface area contributed by atoms with Gasteiger partial charge in [0.25, 0.3) is 0 Å². The summed E-state index contributed by atoms with van der Waals surface area (Å²) in [6.45, 7) is 4.10. The van der Waals surface area contributed by atoms with Gasteiger partial charge in [0, 0.05) is 6.54 Å². The third kappa shape index (κ3) is 3.56. The molecule has 0 aliphatic rings. The molecule has 0 radical (unpaired) electrons. The van der Waals surface area contributed by atoms with Crippen molar-refractivity contribution in [2.45, 2.75) is 25.9 Å². The van der Waals surface area contributed by atoms with Crippen LogP contribution >= 0.6 is 0 Å². The molecule has 0 spiro atoms. The zero-order valence-electron chi connectivity index (χ0n) is 8.99. The molecular formula is C11H15N3O. The summed E-state index contributed by atoms with van der Waals surface area (Å²) in [5.74, 6) is 0.614. The van der Waals surface area contributed by atoms with E-state index in [1.807, 2.05) is 13.0 Å². The predicted molar refractivity (Wildman–Crippen MR) is 58.4 cm³/mol. The molecule has 1 heterocycles. The van der Waals surface area contributed by atoms with E-state index in [1.54, 1.807) is 25.1 Å². The fourth-order valence-corrected chi connectivity index (χ4v) is 1.00. The maximum atomic E-state index is 9.76. The maximum absolute atomic E-state index is 9.76. The lowest BCUT2D eigenvalue weighted by Crippen LogP contribution is -2.32. The molecule has 15 heavy (non-hydrogen) atoms. The molecule has 2 N–H and O–H groups in total. The van der Waals surface area contributed by atoms with Gasteiger partial charge in [-0.25, -0.2) is 4.98 Å². The van der Waals surface area contributed by atoms with Crippen LogP contribution in [0.1, 0.15) is 26.0 Å². The fraction of sp³-hybridized carbons (Fsp3) is 0.455. The topological polar surface area (TPSA) is 68.9 Å². The summed E-state index contributed by atoms with van der Waals surface area (Å²) in [5, 5.41) is 21.4. The van der Waals surface area contributed by atoms with Crippen LogP contribution in [-0.2, 0) is 0 Å². The van der Waals surface area contributed by atoms with Gasteiger partial charge in [-0.15, -0.1) is 0 Å². The summed E-state index contributed by atoms with van der Waals surface area (Å²) in [4.78, 5) is 4.05. The van der Waals surface area contributed by atoms with Crippen molar-refractivity contribution in [1.82, 2.24) is 4.98 Å².